The van der Waals surface area contributed by atoms with Gasteiger partial charge in [0.05, 0.1) is 13.2 Å². The molecule has 0 spiro atoms. The molecule has 1 saturated heterocycles. The number of hydrogen-bond donors (Lipinski definition) is 1. The average molecular weight is 637 g/mol. The molecule has 2 aliphatic carbocycles. The van der Waals surface area contributed by atoms with Crippen molar-refractivity contribution in [3.63, 3.8) is 0 Å². The first-order chi connectivity index (χ1) is 22.0. The van der Waals surface area contributed by atoms with Gasteiger partial charge in [-0.05, 0) is 47.6 Å². The molecule has 2 saturated carbocycles. The van der Waals surface area contributed by atoms with Crippen LogP contribution >= 0.6 is 0 Å². The Morgan fingerprint density at radius 1 is 1.00 bits per heavy atom. The molecule has 12 heteroatoms. The standard InChI is InChI=1S/C34H49BN4O7/c1-34(2,3)22-44-32(42)36-29(24-12-5-4-6-13-24)31(41)38-21-27(45-33(43)37-19-25-14-7-8-15-26(25)20-37)18-28(38)30(40)39(46-35)17-16-23-10-9-11-23/h7-8,14-15,23-24,27-29H,4-6,9-13,16-22H2,1-3H3,(H,36,42). The highest BCUT2D eigenvalue weighted by molar-refractivity contribution is 5.99. The Balaban J connectivity index is 1.33. The predicted octanol–water partition coefficient (Wildman–Crippen LogP) is 4.86. The zero-order valence-electron chi connectivity index (χ0n) is 27.6. The van der Waals surface area contributed by atoms with E-state index in [0.717, 1.165) is 67.6 Å². The molecular formula is C34H49BN4O7. The monoisotopic (exact) mass is 636 g/mol. The molecule has 0 aromatic heterocycles. The summed E-state index contributed by atoms with van der Waals surface area (Å²) in [6.45, 7) is 7.27. The van der Waals surface area contributed by atoms with Crippen molar-refractivity contribution in [3.8, 4) is 0 Å². The van der Waals surface area contributed by atoms with Crippen molar-refractivity contribution in [1.29, 1.82) is 0 Å². The lowest BCUT2D eigenvalue weighted by Crippen LogP contribution is -2.56. The fraction of sp³-hybridized carbons (Fsp3) is 0.706. The van der Waals surface area contributed by atoms with Gasteiger partial charge in [-0.1, -0.05) is 83.6 Å². The number of ether oxygens (including phenoxy) is 2. The molecule has 4 aliphatic rings. The van der Waals surface area contributed by atoms with Crippen LogP contribution in [-0.2, 0) is 36.9 Å². The van der Waals surface area contributed by atoms with Crippen molar-refractivity contribution in [2.75, 3.05) is 19.7 Å². The first-order valence-corrected chi connectivity index (χ1v) is 17.0. The van der Waals surface area contributed by atoms with E-state index in [1.807, 2.05) is 45.0 Å². The van der Waals surface area contributed by atoms with Gasteiger partial charge in [0.25, 0.3) is 5.91 Å². The summed E-state index contributed by atoms with van der Waals surface area (Å²) in [5.74, 6) is -0.436. The van der Waals surface area contributed by atoms with E-state index in [-0.39, 0.29) is 36.8 Å². The van der Waals surface area contributed by atoms with E-state index < -0.39 is 36.3 Å². The Hall–Kier alpha value is -3.28. The number of amides is 4. The highest BCUT2D eigenvalue weighted by atomic mass is 16.6. The smallest absolute Gasteiger partial charge is 0.410 e. The molecular weight excluding hydrogens is 587 g/mol. The lowest BCUT2D eigenvalue weighted by Gasteiger charge is -2.36. The molecule has 3 unspecified atom stereocenters. The van der Waals surface area contributed by atoms with Gasteiger partial charge in [-0.2, -0.15) is 0 Å². The summed E-state index contributed by atoms with van der Waals surface area (Å²) in [4.78, 5) is 57.7. The SMILES string of the molecule is [B]ON(CCC1CCC1)C(=O)C1CC(OC(=O)N2Cc3ccccc3C2)CN1C(=O)C(NC(=O)OCC(C)(C)C)C1CCCCC1. The summed E-state index contributed by atoms with van der Waals surface area (Å²) in [6.07, 6.45) is 6.89. The van der Waals surface area contributed by atoms with E-state index in [4.69, 9.17) is 22.3 Å². The lowest BCUT2D eigenvalue weighted by atomic mass is 9.83. The van der Waals surface area contributed by atoms with E-state index in [1.165, 1.54) is 11.3 Å². The van der Waals surface area contributed by atoms with Gasteiger partial charge in [0.2, 0.25) is 5.91 Å². The Morgan fingerprint density at radius 2 is 1.67 bits per heavy atom. The highest BCUT2D eigenvalue weighted by Gasteiger charge is 2.47. The molecule has 2 aliphatic heterocycles. The number of carbonyl (C=O) groups excluding carboxylic acids is 4. The number of carbonyl (C=O) groups is 4. The molecule has 3 atom stereocenters. The minimum absolute atomic E-state index is 0.0186. The molecule has 250 valence electrons. The third-order valence-corrected chi connectivity index (χ3v) is 9.83. The van der Waals surface area contributed by atoms with Crippen LogP contribution in [0.1, 0.15) is 96.1 Å². The summed E-state index contributed by atoms with van der Waals surface area (Å²) in [6, 6.07) is 6.01. The predicted molar refractivity (Wildman–Crippen MR) is 171 cm³/mol. The number of hydrogen-bond acceptors (Lipinski definition) is 7. The first kappa shape index (κ1) is 34.1. The summed E-state index contributed by atoms with van der Waals surface area (Å²) < 4.78 is 16.5. The molecule has 11 nitrogen and oxygen atoms in total. The van der Waals surface area contributed by atoms with Crippen molar-refractivity contribution in [2.24, 2.45) is 17.3 Å². The van der Waals surface area contributed by atoms with Crippen molar-refractivity contribution in [2.45, 2.75) is 116 Å². The molecule has 4 amide bonds. The minimum atomic E-state index is -0.968. The Morgan fingerprint density at radius 3 is 2.26 bits per heavy atom. The van der Waals surface area contributed by atoms with Crippen molar-refractivity contribution >= 4 is 32.0 Å². The maximum absolute atomic E-state index is 14.4. The summed E-state index contributed by atoms with van der Waals surface area (Å²) in [5, 5.41) is 3.99. The van der Waals surface area contributed by atoms with Gasteiger partial charge in [0, 0.05) is 26.1 Å². The summed E-state index contributed by atoms with van der Waals surface area (Å²) in [5.41, 5.74) is 1.89. The Bertz CT molecular complexity index is 1220. The number of rotatable bonds is 10. The van der Waals surface area contributed by atoms with Crippen LogP contribution in [0.15, 0.2) is 24.3 Å². The number of alkyl carbamates (subject to hydrolysis) is 1. The molecule has 2 heterocycles. The van der Waals surface area contributed by atoms with Crippen molar-refractivity contribution in [3.05, 3.63) is 35.4 Å². The van der Waals surface area contributed by atoms with Gasteiger partial charge >= 0.3 is 20.2 Å². The van der Waals surface area contributed by atoms with Gasteiger partial charge < -0.3 is 24.4 Å². The third-order valence-electron chi connectivity index (χ3n) is 9.83. The van der Waals surface area contributed by atoms with Crippen LogP contribution in [-0.4, -0.2) is 84.8 Å². The van der Waals surface area contributed by atoms with Crippen LogP contribution in [0.25, 0.3) is 0 Å². The van der Waals surface area contributed by atoms with Crippen LogP contribution in [0.2, 0.25) is 0 Å². The van der Waals surface area contributed by atoms with Crippen molar-refractivity contribution < 1.29 is 33.4 Å². The van der Waals surface area contributed by atoms with Crippen LogP contribution in [0, 0.1) is 17.3 Å². The van der Waals surface area contributed by atoms with E-state index in [9.17, 15) is 19.2 Å². The number of nitrogens with zero attached hydrogens (tertiary/aromatic N) is 3. The van der Waals surface area contributed by atoms with Gasteiger partial charge in [-0.25, -0.2) is 14.7 Å². The van der Waals surface area contributed by atoms with Crippen LogP contribution in [0.5, 0.6) is 0 Å². The number of hydroxylamine groups is 2. The molecule has 1 aromatic carbocycles. The maximum Gasteiger partial charge on any atom is 0.410 e. The maximum atomic E-state index is 14.4. The second kappa shape index (κ2) is 15.1. The second-order valence-electron chi connectivity index (χ2n) is 14.7. The molecule has 3 fully saturated rings. The molecule has 5 rings (SSSR count). The van der Waals surface area contributed by atoms with E-state index >= 15 is 0 Å². The Kier molecular flexibility index (Phi) is 11.2. The topological polar surface area (TPSA) is 118 Å². The fourth-order valence-electron chi connectivity index (χ4n) is 6.98. The zero-order valence-corrected chi connectivity index (χ0v) is 27.6. The zero-order chi connectivity index (χ0) is 32.8. The second-order valence-corrected chi connectivity index (χ2v) is 14.7. The third kappa shape index (κ3) is 8.54. The normalized spacial score (nSPS) is 22.5. The molecule has 1 aromatic rings. The van der Waals surface area contributed by atoms with Gasteiger partial charge in [-0.15, -0.1) is 0 Å². The van der Waals surface area contributed by atoms with E-state index in [1.54, 1.807) is 4.90 Å². The minimum Gasteiger partial charge on any atom is -0.449 e. The Labute approximate surface area is 274 Å². The molecule has 0 bridgehead atoms. The van der Waals surface area contributed by atoms with Gasteiger partial charge in [0.15, 0.2) is 0 Å². The van der Waals surface area contributed by atoms with Crippen LogP contribution in [0.4, 0.5) is 9.59 Å². The van der Waals surface area contributed by atoms with Crippen LogP contribution < -0.4 is 5.32 Å². The summed E-state index contributed by atoms with van der Waals surface area (Å²) in [7, 11) is 5.60. The van der Waals surface area contributed by atoms with Gasteiger partial charge in [-0.3, -0.25) is 14.5 Å². The van der Waals surface area contributed by atoms with Crippen molar-refractivity contribution in [1.82, 2.24) is 20.2 Å². The number of benzene rings is 1. The van der Waals surface area contributed by atoms with E-state index in [2.05, 4.69) is 5.32 Å². The highest BCUT2D eigenvalue weighted by Crippen LogP contribution is 2.33. The lowest BCUT2D eigenvalue weighted by molar-refractivity contribution is -0.165. The van der Waals surface area contributed by atoms with Crippen LogP contribution in [0.3, 0.4) is 0 Å². The largest absolute Gasteiger partial charge is 0.449 e. The summed E-state index contributed by atoms with van der Waals surface area (Å²) >= 11 is 0. The number of nitrogens with one attached hydrogen (secondary N) is 1. The van der Waals surface area contributed by atoms with Gasteiger partial charge in [0.1, 0.15) is 18.2 Å². The average Bonchev–Trinajstić information content (AvgIpc) is 3.64. The van der Waals surface area contributed by atoms with E-state index in [0.29, 0.717) is 25.6 Å². The fourth-order valence-corrected chi connectivity index (χ4v) is 6.98. The molecule has 46 heavy (non-hydrogen) atoms. The number of fused-ring (bicyclic) bond motifs is 1. The molecule has 1 N–H and O–H groups in total. The first-order valence-electron chi connectivity index (χ1n) is 17.0. The number of likely N-dealkylation sites (tertiary alicyclic amines) is 1. The quantitative estimate of drug-likeness (QED) is 0.288. The molecule has 2 radical (unpaired) electrons.